The van der Waals surface area contributed by atoms with Crippen molar-refractivity contribution in [1.29, 1.82) is 0 Å². The monoisotopic (exact) mass is 213 g/mol. The Morgan fingerprint density at radius 1 is 1.33 bits per heavy atom. The van der Waals surface area contributed by atoms with E-state index in [2.05, 4.69) is 0 Å². The third-order valence-corrected chi connectivity index (χ3v) is 2.01. The fourth-order valence-electron chi connectivity index (χ4n) is 1.14. The predicted octanol–water partition coefficient (Wildman–Crippen LogP) is 2.13. The summed E-state index contributed by atoms with van der Waals surface area (Å²) in [5.74, 6) is -0.212. The molecule has 0 aliphatic heterocycles. The van der Waals surface area contributed by atoms with Gasteiger partial charge in [-0.25, -0.2) is 4.39 Å². The molecule has 0 amide bonds. The number of benzene rings is 1. The van der Waals surface area contributed by atoms with Crippen LogP contribution in [0.5, 0.6) is 5.75 Å². The van der Waals surface area contributed by atoms with Crippen LogP contribution in [0.25, 0.3) is 0 Å². The molecular weight excluding hydrogens is 197 g/mol. The van der Waals surface area contributed by atoms with Crippen LogP contribution in [0.3, 0.4) is 0 Å². The molecule has 2 N–H and O–H groups in total. The highest BCUT2D eigenvalue weighted by Crippen LogP contribution is 2.23. The zero-order chi connectivity index (χ0) is 11.3. The fraction of sp³-hybridized carbons (Fsp3) is 0.455. The first-order valence-corrected chi connectivity index (χ1v) is 4.91. The van der Waals surface area contributed by atoms with E-state index >= 15 is 0 Å². The maximum atomic E-state index is 13.3. The Balaban J connectivity index is 2.57. The van der Waals surface area contributed by atoms with E-state index in [-0.39, 0.29) is 5.75 Å². The fourth-order valence-corrected chi connectivity index (χ4v) is 1.14. The minimum absolute atomic E-state index is 0.224. The second-order valence-electron chi connectivity index (χ2n) is 3.18. The lowest BCUT2D eigenvalue weighted by atomic mass is 10.2. The van der Waals surface area contributed by atoms with Gasteiger partial charge in [-0.3, -0.25) is 0 Å². The molecule has 3 nitrogen and oxygen atoms in total. The van der Waals surface area contributed by atoms with Gasteiger partial charge in [0.05, 0.1) is 6.61 Å². The lowest BCUT2D eigenvalue weighted by molar-refractivity contribution is 0.108. The van der Waals surface area contributed by atoms with Crippen LogP contribution >= 0.6 is 0 Å². The van der Waals surface area contributed by atoms with Crippen LogP contribution in [-0.2, 0) is 4.74 Å². The number of nitrogens with two attached hydrogens (primary N) is 1. The Bertz CT molecular complexity index is 329. The number of ether oxygens (including phenoxy) is 2. The Morgan fingerprint density at radius 3 is 2.73 bits per heavy atom. The molecule has 0 saturated carbocycles. The first-order valence-electron chi connectivity index (χ1n) is 4.91. The predicted molar refractivity (Wildman–Crippen MR) is 57.5 cm³/mol. The van der Waals surface area contributed by atoms with Crippen molar-refractivity contribution in [2.75, 3.05) is 25.6 Å². The zero-order valence-electron chi connectivity index (χ0n) is 9.05. The number of aryl methyl sites for hydroxylation is 1. The van der Waals surface area contributed by atoms with Crippen molar-refractivity contribution in [1.82, 2.24) is 0 Å². The summed E-state index contributed by atoms with van der Waals surface area (Å²) in [6, 6.07) is 2.86. The Kier molecular flexibility index (Phi) is 4.37. The van der Waals surface area contributed by atoms with Gasteiger partial charge in [-0.1, -0.05) is 0 Å². The van der Waals surface area contributed by atoms with Crippen molar-refractivity contribution in [2.24, 2.45) is 0 Å². The minimum atomic E-state index is -0.436. The van der Waals surface area contributed by atoms with Crippen LogP contribution in [0.1, 0.15) is 12.5 Å². The van der Waals surface area contributed by atoms with E-state index in [1.807, 2.05) is 13.8 Å². The van der Waals surface area contributed by atoms with Gasteiger partial charge >= 0.3 is 0 Å². The summed E-state index contributed by atoms with van der Waals surface area (Å²) in [5.41, 5.74) is 6.79. The van der Waals surface area contributed by atoms with Crippen LogP contribution in [0, 0.1) is 12.7 Å². The molecule has 0 atom stereocenters. The number of nitrogen functional groups attached to an aromatic ring is 1. The first-order chi connectivity index (χ1) is 7.15. The largest absolute Gasteiger partial charge is 0.488 e. The highest BCUT2D eigenvalue weighted by atomic mass is 19.1. The molecular formula is C11H16FNO2. The van der Waals surface area contributed by atoms with Crippen molar-refractivity contribution in [3.05, 3.63) is 23.5 Å². The summed E-state index contributed by atoms with van der Waals surface area (Å²) in [6.45, 7) is 5.14. The number of anilines is 1. The lowest BCUT2D eigenvalue weighted by Gasteiger charge is -2.09. The van der Waals surface area contributed by atoms with E-state index in [1.165, 1.54) is 6.07 Å². The molecule has 1 rings (SSSR count). The zero-order valence-corrected chi connectivity index (χ0v) is 9.05. The van der Waals surface area contributed by atoms with Gasteiger partial charge in [0.2, 0.25) is 0 Å². The maximum Gasteiger partial charge on any atom is 0.167 e. The van der Waals surface area contributed by atoms with Gasteiger partial charge in [-0.05, 0) is 25.5 Å². The summed E-state index contributed by atoms with van der Waals surface area (Å²) < 4.78 is 23.6. The molecule has 0 heterocycles. The molecule has 0 bridgehead atoms. The SMILES string of the molecule is CCOCCOc1cc(C)c(N)cc1F. The molecule has 1 aromatic rings. The van der Waals surface area contributed by atoms with E-state index in [0.29, 0.717) is 25.5 Å². The Hall–Kier alpha value is -1.29. The topological polar surface area (TPSA) is 44.5 Å². The van der Waals surface area contributed by atoms with Gasteiger partial charge in [0.15, 0.2) is 11.6 Å². The summed E-state index contributed by atoms with van der Waals surface area (Å²) in [5, 5.41) is 0. The highest BCUT2D eigenvalue weighted by Gasteiger charge is 2.06. The van der Waals surface area contributed by atoms with Crippen molar-refractivity contribution in [2.45, 2.75) is 13.8 Å². The molecule has 4 heteroatoms. The smallest absolute Gasteiger partial charge is 0.167 e. The number of rotatable bonds is 5. The summed E-state index contributed by atoms with van der Waals surface area (Å²) in [6.07, 6.45) is 0. The number of hydrogen-bond donors (Lipinski definition) is 1. The summed E-state index contributed by atoms with van der Waals surface area (Å²) in [7, 11) is 0. The normalized spacial score (nSPS) is 10.3. The van der Waals surface area contributed by atoms with Crippen molar-refractivity contribution in [3.63, 3.8) is 0 Å². The second-order valence-corrected chi connectivity index (χ2v) is 3.18. The molecule has 0 aromatic heterocycles. The quantitative estimate of drug-likeness (QED) is 0.602. The Morgan fingerprint density at radius 2 is 2.07 bits per heavy atom. The van der Waals surface area contributed by atoms with Crippen LogP contribution in [0.2, 0.25) is 0 Å². The van der Waals surface area contributed by atoms with Crippen molar-refractivity contribution >= 4 is 5.69 Å². The van der Waals surface area contributed by atoms with E-state index in [1.54, 1.807) is 6.07 Å². The number of halogens is 1. The lowest BCUT2D eigenvalue weighted by Crippen LogP contribution is -2.07. The molecule has 0 spiro atoms. The van der Waals surface area contributed by atoms with Gasteiger partial charge in [-0.15, -0.1) is 0 Å². The van der Waals surface area contributed by atoms with Crippen molar-refractivity contribution < 1.29 is 13.9 Å². The third kappa shape index (κ3) is 3.40. The van der Waals surface area contributed by atoms with E-state index in [9.17, 15) is 4.39 Å². The average Bonchev–Trinajstić information content (AvgIpc) is 2.20. The minimum Gasteiger partial charge on any atom is -0.488 e. The summed E-state index contributed by atoms with van der Waals surface area (Å²) in [4.78, 5) is 0. The van der Waals surface area contributed by atoms with Crippen LogP contribution < -0.4 is 10.5 Å². The van der Waals surface area contributed by atoms with Gasteiger partial charge in [0.1, 0.15) is 6.61 Å². The molecule has 0 fully saturated rings. The highest BCUT2D eigenvalue weighted by molar-refractivity contribution is 5.50. The van der Waals surface area contributed by atoms with Crippen LogP contribution in [0.15, 0.2) is 12.1 Å². The Labute approximate surface area is 89.0 Å². The first kappa shape index (κ1) is 11.8. The summed E-state index contributed by atoms with van der Waals surface area (Å²) >= 11 is 0. The molecule has 1 aromatic carbocycles. The van der Waals surface area contributed by atoms with E-state index in [4.69, 9.17) is 15.2 Å². The van der Waals surface area contributed by atoms with Gasteiger partial charge < -0.3 is 15.2 Å². The van der Waals surface area contributed by atoms with Gasteiger partial charge in [0, 0.05) is 18.4 Å². The van der Waals surface area contributed by atoms with Crippen molar-refractivity contribution in [3.8, 4) is 5.75 Å². The third-order valence-electron chi connectivity index (χ3n) is 2.01. The molecule has 0 unspecified atom stereocenters. The van der Waals surface area contributed by atoms with Crippen LogP contribution in [0.4, 0.5) is 10.1 Å². The average molecular weight is 213 g/mol. The maximum absolute atomic E-state index is 13.3. The number of hydrogen-bond acceptors (Lipinski definition) is 3. The molecule has 0 saturated heterocycles. The molecule has 0 radical (unpaired) electrons. The van der Waals surface area contributed by atoms with Gasteiger partial charge in [0.25, 0.3) is 0 Å². The molecule has 84 valence electrons. The molecule has 15 heavy (non-hydrogen) atoms. The van der Waals surface area contributed by atoms with Gasteiger partial charge in [-0.2, -0.15) is 0 Å². The van der Waals surface area contributed by atoms with E-state index in [0.717, 1.165) is 5.56 Å². The molecule has 0 aliphatic rings. The molecule has 0 aliphatic carbocycles. The van der Waals surface area contributed by atoms with Crippen LogP contribution in [-0.4, -0.2) is 19.8 Å². The second kappa shape index (κ2) is 5.56. The standard InChI is InChI=1S/C11H16FNO2/c1-3-14-4-5-15-11-6-8(2)10(13)7-9(11)12/h6-7H,3-5,13H2,1-2H3. The van der Waals surface area contributed by atoms with E-state index < -0.39 is 5.82 Å².